The number of aliphatic hydroxyl groups excluding tert-OH is 1. The number of benzene rings is 2. The normalized spacial score (nSPS) is 16.7. The summed E-state index contributed by atoms with van der Waals surface area (Å²) >= 11 is 1.92. The lowest BCUT2D eigenvalue weighted by atomic mass is 9.72. The van der Waals surface area contributed by atoms with E-state index >= 15 is 0 Å². The molecule has 0 saturated heterocycles. The second-order valence-corrected chi connectivity index (χ2v) is 9.37. The third kappa shape index (κ3) is 3.60. The van der Waals surface area contributed by atoms with Gasteiger partial charge in [0, 0.05) is 28.2 Å². The van der Waals surface area contributed by atoms with E-state index in [2.05, 4.69) is 47.6 Å². The first kappa shape index (κ1) is 21.1. The topological polar surface area (TPSA) is 102 Å². The van der Waals surface area contributed by atoms with Crippen LogP contribution in [0.2, 0.25) is 0 Å². The van der Waals surface area contributed by atoms with Crippen molar-refractivity contribution in [2.75, 3.05) is 0 Å². The number of nitrogens with zero attached hydrogens (tertiary/aromatic N) is 3. The molecule has 2 aromatic heterocycles. The van der Waals surface area contributed by atoms with Gasteiger partial charge in [0.05, 0.1) is 11.2 Å². The maximum atomic E-state index is 10.1. The standard InChI is InChI=1S/C25H24IN5O/c26-24(32)31-14-11-21-20(23(31)30-28)15-19(16-5-2-1-3-6-16)22(29-21)17-7-9-18(10-8-17)25(27)12-4-13-25/h1-3,5-11,14-15,24,32H,4,12-13,27-28H2/b30-23-. The molecule has 1 saturated carbocycles. The Labute approximate surface area is 199 Å². The molecule has 5 rings (SSSR count). The smallest absolute Gasteiger partial charge is 0.184 e. The van der Waals surface area contributed by atoms with Gasteiger partial charge < -0.3 is 16.7 Å². The first-order valence-electron chi connectivity index (χ1n) is 10.6. The molecule has 6 nitrogen and oxygen atoms in total. The highest BCUT2D eigenvalue weighted by Gasteiger charge is 2.34. The van der Waals surface area contributed by atoms with Gasteiger partial charge >= 0.3 is 0 Å². The summed E-state index contributed by atoms with van der Waals surface area (Å²) in [5, 5.41) is 14.9. The van der Waals surface area contributed by atoms with Crippen LogP contribution in [0.3, 0.4) is 0 Å². The number of hydrogen-bond acceptors (Lipinski definition) is 5. The Morgan fingerprint density at radius 3 is 2.34 bits per heavy atom. The van der Waals surface area contributed by atoms with Crippen LogP contribution in [0.4, 0.5) is 0 Å². The summed E-state index contributed by atoms with van der Waals surface area (Å²) in [6.07, 6.45) is 5.00. The van der Waals surface area contributed by atoms with Crippen molar-refractivity contribution in [1.29, 1.82) is 0 Å². The van der Waals surface area contributed by atoms with E-state index in [0.29, 0.717) is 5.49 Å². The van der Waals surface area contributed by atoms with E-state index in [1.165, 1.54) is 12.0 Å². The molecule has 1 fully saturated rings. The summed E-state index contributed by atoms with van der Waals surface area (Å²) < 4.78 is 0.828. The molecule has 2 heterocycles. The number of alkyl halides is 1. The highest BCUT2D eigenvalue weighted by Crippen LogP contribution is 2.40. The Morgan fingerprint density at radius 2 is 1.75 bits per heavy atom. The van der Waals surface area contributed by atoms with E-state index in [-0.39, 0.29) is 5.54 Å². The van der Waals surface area contributed by atoms with Gasteiger partial charge in [-0.15, -0.1) is 0 Å². The quantitative estimate of drug-likeness (QED) is 0.156. The first-order valence-corrected chi connectivity index (χ1v) is 11.8. The van der Waals surface area contributed by atoms with E-state index in [1.807, 2.05) is 46.9 Å². The number of hydrogen-bond donors (Lipinski definition) is 3. The van der Waals surface area contributed by atoms with Crippen LogP contribution in [0.25, 0.3) is 33.3 Å². The van der Waals surface area contributed by atoms with Crippen LogP contribution >= 0.6 is 22.6 Å². The molecule has 0 spiro atoms. The zero-order chi connectivity index (χ0) is 22.3. The molecular weight excluding hydrogens is 513 g/mol. The van der Waals surface area contributed by atoms with Gasteiger partial charge in [0.25, 0.3) is 0 Å². The molecule has 0 amide bonds. The molecule has 2 aromatic carbocycles. The zero-order valence-electron chi connectivity index (χ0n) is 17.4. The first-order chi connectivity index (χ1) is 15.5. The van der Waals surface area contributed by atoms with E-state index < -0.39 is 4.23 Å². The van der Waals surface area contributed by atoms with Crippen molar-refractivity contribution in [3.63, 3.8) is 0 Å². The van der Waals surface area contributed by atoms with Gasteiger partial charge in [0.15, 0.2) is 9.72 Å². The van der Waals surface area contributed by atoms with Crippen molar-refractivity contribution in [2.24, 2.45) is 16.7 Å². The molecule has 7 heteroatoms. The second-order valence-electron chi connectivity index (χ2n) is 8.26. The molecular formula is C25H24IN5O. The van der Waals surface area contributed by atoms with E-state index in [9.17, 15) is 5.11 Å². The van der Waals surface area contributed by atoms with Crippen LogP contribution in [0, 0.1) is 0 Å². The van der Waals surface area contributed by atoms with Gasteiger partial charge in [-0.25, -0.2) is 4.98 Å². The summed E-state index contributed by atoms with van der Waals surface area (Å²) in [7, 11) is 0. The SMILES string of the molecule is N/N=c1/c2cc(-c3ccccc3)c(-c3ccc(C4(N)CCC4)cc3)nc2ccn1C(O)I. The van der Waals surface area contributed by atoms with Gasteiger partial charge in [-0.3, -0.25) is 4.57 Å². The third-order valence-electron chi connectivity index (χ3n) is 6.35. The molecule has 1 aliphatic rings. The van der Waals surface area contributed by atoms with Crippen LogP contribution < -0.4 is 17.1 Å². The van der Waals surface area contributed by atoms with Gasteiger partial charge in [-0.05, 0) is 65.1 Å². The van der Waals surface area contributed by atoms with Gasteiger partial charge in [-0.1, -0.05) is 54.6 Å². The number of rotatable bonds is 4. The lowest BCUT2D eigenvalue weighted by molar-refractivity contribution is 0.210. The molecule has 1 atom stereocenters. The monoisotopic (exact) mass is 537 g/mol. The maximum Gasteiger partial charge on any atom is 0.184 e. The Hall–Kier alpha value is -2.75. The molecule has 32 heavy (non-hydrogen) atoms. The van der Waals surface area contributed by atoms with E-state index in [0.717, 1.165) is 46.1 Å². The summed E-state index contributed by atoms with van der Waals surface area (Å²) in [5.74, 6) is 5.72. The lowest BCUT2D eigenvalue weighted by Gasteiger charge is -2.38. The Kier molecular flexibility index (Phi) is 5.48. The predicted octanol–water partition coefficient (Wildman–Crippen LogP) is 4.37. The number of nitrogens with two attached hydrogens (primary N) is 2. The Morgan fingerprint density at radius 1 is 1.03 bits per heavy atom. The molecule has 5 N–H and O–H groups in total. The maximum absolute atomic E-state index is 10.1. The Bertz CT molecular complexity index is 1340. The van der Waals surface area contributed by atoms with Crippen LogP contribution in [-0.4, -0.2) is 14.7 Å². The zero-order valence-corrected chi connectivity index (χ0v) is 19.6. The lowest BCUT2D eigenvalue weighted by Crippen LogP contribution is -2.43. The fraction of sp³-hybridized carbons (Fsp3) is 0.200. The van der Waals surface area contributed by atoms with Crippen molar-refractivity contribution in [3.05, 3.63) is 84.0 Å². The van der Waals surface area contributed by atoms with E-state index in [4.69, 9.17) is 16.6 Å². The number of halogens is 1. The van der Waals surface area contributed by atoms with Crippen LogP contribution in [0.15, 0.2) is 78.0 Å². The molecule has 0 radical (unpaired) electrons. The molecule has 0 bridgehead atoms. The minimum atomic E-state index is -0.790. The third-order valence-corrected chi connectivity index (χ3v) is 6.95. The number of aromatic nitrogens is 2. The van der Waals surface area contributed by atoms with Crippen molar-refractivity contribution < 1.29 is 5.11 Å². The van der Waals surface area contributed by atoms with Crippen molar-refractivity contribution in [3.8, 4) is 22.4 Å². The fourth-order valence-electron chi connectivity index (χ4n) is 4.37. The molecule has 1 aliphatic carbocycles. The number of pyridine rings is 2. The molecule has 4 aromatic rings. The number of aliphatic hydroxyl groups is 1. The minimum absolute atomic E-state index is 0.191. The summed E-state index contributed by atoms with van der Waals surface area (Å²) in [6.45, 7) is 0. The average Bonchev–Trinajstić information content (AvgIpc) is 2.81. The number of fused-ring (bicyclic) bond motifs is 1. The highest BCUT2D eigenvalue weighted by molar-refractivity contribution is 14.1. The van der Waals surface area contributed by atoms with Gasteiger partial charge in [0.2, 0.25) is 0 Å². The molecule has 0 aliphatic heterocycles. The largest absolute Gasteiger partial charge is 0.365 e. The average molecular weight is 537 g/mol. The molecule has 162 valence electrons. The van der Waals surface area contributed by atoms with Crippen molar-refractivity contribution in [2.45, 2.75) is 29.0 Å². The predicted molar refractivity (Wildman–Crippen MR) is 135 cm³/mol. The van der Waals surface area contributed by atoms with Crippen molar-refractivity contribution in [1.82, 2.24) is 9.55 Å². The van der Waals surface area contributed by atoms with Crippen molar-refractivity contribution >= 4 is 33.5 Å². The van der Waals surface area contributed by atoms with Crippen LogP contribution in [-0.2, 0) is 5.54 Å². The fourth-order valence-corrected chi connectivity index (χ4v) is 4.82. The summed E-state index contributed by atoms with van der Waals surface area (Å²) in [5.41, 5.74) is 12.7. The van der Waals surface area contributed by atoms with Crippen LogP contribution in [0.1, 0.15) is 29.1 Å². The van der Waals surface area contributed by atoms with E-state index in [1.54, 1.807) is 10.8 Å². The summed E-state index contributed by atoms with van der Waals surface area (Å²) in [6, 6.07) is 22.5. The van der Waals surface area contributed by atoms with Gasteiger partial charge in [0.1, 0.15) is 0 Å². The summed E-state index contributed by atoms with van der Waals surface area (Å²) in [4.78, 5) is 5.01. The molecule has 1 unspecified atom stereocenters. The van der Waals surface area contributed by atoms with Gasteiger partial charge in [-0.2, -0.15) is 5.10 Å². The highest BCUT2D eigenvalue weighted by atomic mass is 127. The van der Waals surface area contributed by atoms with Crippen LogP contribution in [0.5, 0.6) is 0 Å². The Balaban J connectivity index is 1.74. The minimum Gasteiger partial charge on any atom is -0.365 e. The second kappa shape index (κ2) is 8.31.